The third-order valence-electron chi connectivity index (χ3n) is 4.58. The minimum absolute atomic E-state index is 0.145. The van der Waals surface area contributed by atoms with Crippen LogP contribution in [-0.4, -0.2) is 40.8 Å². The minimum atomic E-state index is -3.71. The van der Waals surface area contributed by atoms with Gasteiger partial charge in [0.1, 0.15) is 5.75 Å². The van der Waals surface area contributed by atoms with E-state index in [0.29, 0.717) is 24.5 Å². The molecule has 0 heterocycles. The van der Waals surface area contributed by atoms with E-state index in [9.17, 15) is 13.2 Å². The van der Waals surface area contributed by atoms with Crippen LogP contribution < -0.4 is 14.8 Å². The highest BCUT2D eigenvalue weighted by Crippen LogP contribution is 2.27. The van der Waals surface area contributed by atoms with E-state index in [1.54, 1.807) is 32.4 Å². The third kappa shape index (κ3) is 5.06. The molecule has 0 aromatic heterocycles. The van der Waals surface area contributed by atoms with Crippen molar-refractivity contribution in [3.05, 3.63) is 66.2 Å². The number of hydrogen-bond donors (Lipinski definition) is 1. The first-order valence-corrected chi connectivity index (χ1v) is 10.8. The Morgan fingerprint density at radius 1 is 0.897 bits per heavy atom. The molecule has 0 aliphatic heterocycles. The van der Waals surface area contributed by atoms with Crippen molar-refractivity contribution in [3.8, 4) is 11.5 Å². The molecule has 0 bridgehead atoms. The first-order chi connectivity index (χ1) is 13.9. The van der Waals surface area contributed by atoms with E-state index in [4.69, 9.17) is 9.47 Å². The molecule has 7 heteroatoms. The van der Waals surface area contributed by atoms with Crippen LogP contribution in [-0.2, 0) is 21.1 Å². The Kier molecular flexibility index (Phi) is 6.39. The molecule has 0 saturated heterocycles. The maximum absolute atomic E-state index is 12.6. The fourth-order valence-electron chi connectivity index (χ4n) is 3.05. The molecular formula is C22H23NO5S. The Hall–Kier alpha value is -3.06. The van der Waals surface area contributed by atoms with Crippen molar-refractivity contribution in [2.75, 3.05) is 26.5 Å². The molecule has 0 saturated carbocycles. The fourth-order valence-corrected chi connectivity index (χ4v) is 4.25. The van der Waals surface area contributed by atoms with E-state index >= 15 is 0 Å². The summed E-state index contributed by atoms with van der Waals surface area (Å²) in [7, 11) is -0.594. The van der Waals surface area contributed by atoms with Gasteiger partial charge in [-0.15, -0.1) is 0 Å². The number of fused-ring (bicyclic) bond motifs is 1. The first-order valence-electron chi connectivity index (χ1n) is 9.12. The number of sulfone groups is 1. The molecule has 1 N–H and O–H groups in total. The number of nitrogens with one attached hydrogen (secondary N) is 1. The molecule has 0 radical (unpaired) electrons. The molecule has 3 aromatic rings. The molecule has 0 fully saturated rings. The standard InChI is InChI=1S/C22H23NO5S/c1-27-20-10-7-16(13-21(20)28-2)11-12-23-22(24)15-29(25,26)19-9-8-17-5-3-4-6-18(17)14-19/h3-10,13-14H,11-12,15H2,1-2H3,(H,23,24). The SMILES string of the molecule is COc1ccc(CCNC(=O)CS(=O)(=O)c2ccc3ccccc3c2)cc1OC. The quantitative estimate of drug-likeness (QED) is 0.614. The van der Waals surface area contributed by atoms with Gasteiger partial charge in [0.05, 0.1) is 19.1 Å². The van der Waals surface area contributed by atoms with Crippen molar-refractivity contribution >= 4 is 26.5 Å². The molecule has 6 nitrogen and oxygen atoms in total. The molecule has 29 heavy (non-hydrogen) atoms. The van der Waals surface area contributed by atoms with Crippen molar-refractivity contribution in [1.82, 2.24) is 5.32 Å². The normalized spacial score (nSPS) is 11.2. The van der Waals surface area contributed by atoms with Crippen LogP contribution in [0, 0.1) is 0 Å². The summed E-state index contributed by atoms with van der Waals surface area (Å²) in [4.78, 5) is 12.3. The van der Waals surface area contributed by atoms with Gasteiger partial charge in [0.15, 0.2) is 21.3 Å². The van der Waals surface area contributed by atoms with Gasteiger partial charge in [-0.3, -0.25) is 4.79 Å². The monoisotopic (exact) mass is 413 g/mol. The molecule has 152 valence electrons. The molecule has 3 aromatic carbocycles. The molecule has 0 spiro atoms. The highest BCUT2D eigenvalue weighted by molar-refractivity contribution is 7.92. The topological polar surface area (TPSA) is 81.7 Å². The van der Waals surface area contributed by atoms with E-state index in [2.05, 4.69) is 5.32 Å². The predicted molar refractivity (Wildman–Crippen MR) is 112 cm³/mol. The van der Waals surface area contributed by atoms with Crippen LogP contribution in [0.25, 0.3) is 10.8 Å². The van der Waals surface area contributed by atoms with Crippen molar-refractivity contribution in [2.45, 2.75) is 11.3 Å². The van der Waals surface area contributed by atoms with Gasteiger partial charge >= 0.3 is 0 Å². The summed E-state index contributed by atoms with van der Waals surface area (Å²) in [6.45, 7) is 0.321. The van der Waals surface area contributed by atoms with E-state index in [1.165, 1.54) is 6.07 Å². The average molecular weight is 413 g/mol. The summed E-state index contributed by atoms with van der Waals surface area (Å²) in [5.41, 5.74) is 0.945. The second kappa shape index (κ2) is 8.96. The molecule has 1 amide bonds. The number of amides is 1. The van der Waals surface area contributed by atoms with E-state index in [1.807, 2.05) is 36.4 Å². The van der Waals surface area contributed by atoms with Gasteiger partial charge in [-0.25, -0.2) is 8.42 Å². The molecule has 3 rings (SSSR count). The number of benzene rings is 3. The highest BCUT2D eigenvalue weighted by atomic mass is 32.2. The van der Waals surface area contributed by atoms with Crippen LogP contribution in [0.2, 0.25) is 0 Å². The second-order valence-electron chi connectivity index (χ2n) is 6.56. The lowest BCUT2D eigenvalue weighted by Crippen LogP contribution is -2.31. The lowest BCUT2D eigenvalue weighted by Gasteiger charge is -2.10. The lowest BCUT2D eigenvalue weighted by molar-refractivity contribution is -0.118. The maximum atomic E-state index is 12.6. The zero-order valence-electron chi connectivity index (χ0n) is 16.3. The fraction of sp³-hybridized carbons (Fsp3) is 0.227. The summed E-state index contributed by atoms with van der Waals surface area (Å²) in [6.07, 6.45) is 0.544. The zero-order chi connectivity index (χ0) is 20.9. The largest absolute Gasteiger partial charge is 0.493 e. The van der Waals surface area contributed by atoms with E-state index in [0.717, 1.165) is 16.3 Å². The predicted octanol–water partition coefficient (Wildman–Crippen LogP) is 2.99. The Labute approximate surface area is 170 Å². The van der Waals surface area contributed by atoms with Gasteiger partial charge < -0.3 is 14.8 Å². The Morgan fingerprint density at radius 2 is 1.62 bits per heavy atom. The highest BCUT2D eigenvalue weighted by Gasteiger charge is 2.19. The van der Waals surface area contributed by atoms with Crippen molar-refractivity contribution in [2.24, 2.45) is 0 Å². The number of carbonyl (C=O) groups excluding carboxylic acids is 1. The smallest absolute Gasteiger partial charge is 0.235 e. The van der Waals surface area contributed by atoms with Crippen LogP contribution in [0.15, 0.2) is 65.6 Å². The van der Waals surface area contributed by atoms with Gasteiger partial charge in [0.2, 0.25) is 5.91 Å². The molecule has 0 atom stereocenters. The van der Waals surface area contributed by atoms with Gasteiger partial charge in [-0.05, 0) is 47.0 Å². The summed E-state index contributed by atoms with van der Waals surface area (Å²) in [6, 6.07) is 17.9. The van der Waals surface area contributed by atoms with Gasteiger partial charge in [-0.1, -0.05) is 36.4 Å². The van der Waals surface area contributed by atoms with Gasteiger partial charge in [-0.2, -0.15) is 0 Å². The average Bonchev–Trinajstić information content (AvgIpc) is 2.72. The number of carbonyl (C=O) groups is 1. The molecule has 0 aliphatic rings. The molecule has 0 unspecified atom stereocenters. The zero-order valence-corrected chi connectivity index (χ0v) is 17.2. The minimum Gasteiger partial charge on any atom is -0.493 e. The van der Waals surface area contributed by atoms with Gasteiger partial charge in [0, 0.05) is 6.54 Å². The van der Waals surface area contributed by atoms with Gasteiger partial charge in [0.25, 0.3) is 0 Å². The summed E-state index contributed by atoms with van der Waals surface area (Å²) in [5.74, 6) is 0.118. The summed E-state index contributed by atoms with van der Waals surface area (Å²) >= 11 is 0. The van der Waals surface area contributed by atoms with Crippen LogP contribution in [0.3, 0.4) is 0 Å². The van der Waals surface area contributed by atoms with Crippen LogP contribution in [0.5, 0.6) is 11.5 Å². The van der Waals surface area contributed by atoms with Crippen molar-refractivity contribution in [1.29, 1.82) is 0 Å². The maximum Gasteiger partial charge on any atom is 0.235 e. The van der Waals surface area contributed by atoms with Crippen LogP contribution >= 0.6 is 0 Å². The van der Waals surface area contributed by atoms with Crippen molar-refractivity contribution in [3.63, 3.8) is 0 Å². The Balaban J connectivity index is 1.59. The molecular weight excluding hydrogens is 390 g/mol. The second-order valence-corrected chi connectivity index (χ2v) is 8.55. The van der Waals surface area contributed by atoms with Crippen LogP contribution in [0.4, 0.5) is 0 Å². The first kappa shape index (κ1) is 20.7. The number of hydrogen-bond acceptors (Lipinski definition) is 5. The number of methoxy groups -OCH3 is 2. The van der Waals surface area contributed by atoms with Crippen LogP contribution in [0.1, 0.15) is 5.56 Å². The third-order valence-corrected chi connectivity index (χ3v) is 6.20. The number of ether oxygens (including phenoxy) is 2. The van der Waals surface area contributed by atoms with Crippen molar-refractivity contribution < 1.29 is 22.7 Å². The Morgan fingerprint density at radius 3 is 2.34 bits per heavy atom. The summed E-state index contributed by atoms with van der Waals surface area (Å²) in [5, 5.41) is 4.44. The molecule has 0 aliphatic carbocycles. The summed E-state index contributed by atoms with van der Waals surface area (Å²) < 4.78 is 35.6. The number of rotatable bonds is 8. The van der Waals surface area contributed by atoms with E-state index in [-0.39, 0.29) is 4.90 Å². The lowest BCUT2D eigenvalue weighted by atomic mass is 10.1. The Bertz CT molecular complexity index is 1130. The van der Waals surface area contributed by atoms with E-state index < -0.39 is 21.5 Å².